The number of sulfone groups is 1. The predicted octanol–water partition coefficient (Wildman–Crippen LogP) is 1.42. The second-order valence-corrected chi connectivity index (χ2v) is 6.97. The number of halogens is 1. The maximum absolute atomic E-state index is 11.9. The van der Waals surface area contributed by atoms with Crippen molar-refractivity contribution in [3.05, 3.63) is 23.0 Å². The average Bonchev–Trinajstić information content (AvgIpc) is 2.63. The van der Waals surface area contributed by atoms with Crippen LogP contribution in [0, 0.1) is 12.8 Å². The molecule has 1 N–H and O–H groups in total. The summed E-state index contributed by atoms with van der Waals surface area (Å²) >= 11 is 5.71. The standard InChI is InChI=1S/C11H13ClN2O3S/c1-7-9(2-3-10(12)13-7)14-11(15)8-4-5-18(16,17)6-8/h2-3,8H,4-6H2,1H3,(H,14,15). The fraction of sp³-hybridized carbons (Fsp3) is 0.455. The zero-order valence-electron chi connectivity index (χ0n) is 9.81. The second kappa shape index (κ2) is 4.85. The molecule has 18 heavy (non-hydrogen) atoms. The highest BCUT2D eigenvalue weighted by Gasteiger charge is 2.33. The number of hydrogen-bond donors (Lipinski definition) is 1. The molecule has 0 aliphatic carbocycles. The third-order valence-corrected chi connectivity index (χ3v) is 4.89. The Labute approximate surface area is 110 Å². The SMILES string of the molecule is Cc1nc(Cl)ccc1NC(=O)C1CCS(=O)(=O)C1. The number of carbonyl (C=O) groups is 1. The molecule has 0 saturated carbocycles. The van der Waals surface area contributed by atoms with Crippen molar-refractivity contribution in [3.63, 3.8) is 0 Å². The molecule has 0 bridgehead atoms. The van der Waals surface area contributed by atoms with E-state index in [4.69, 9.17) is 11.6 Å². The summed E-state index contributed by atoms with van der Waals surface area (Å²) in [6.07, 6.45) is 0.383. The van der Waals surface area contributed by atoms with E-state index >= 15 is 0 Å². The number of pyridine rings is 1. The van der Waals surface area contributed by atoms with Gasteiger partial charge in [-0.1, -0.05) is 11.6 Å². The monoisotopic (exact) mass is 288 g/mol. The Kier molecular flexibility index (Phi) is 3.59. The van der Waals surface area contributed by atoms with Crippen molar-refractivity contribution in [2.45, 2.75) is 13.3 Å². The largest absolute Gasteiger partial charge is 0.324 e. The lowest BCUT2D eigenvalue weighted by atomic mass is 10.1. The summed E-state index contributed by atoms with van der Waals surface area (Å²) in [5.74, 6) is -0.727. The third-order valence-electron chi connectivity index (χ3n) is 2.91. The summed E-state index contributed by atoms with van der Waals surface area (Å²) in [5, 5.41) is 3.05. The minimum atomic E-state index is -3.05. The summed E-state index contributed by atoms with van der Waals surface area (Å²) in [6.45, 7) is 1.73. The Morgan fingerprint density at radius 1 is 1.50 bits per heavy atom. The molecule has 1 atom stereocenters. The van der Waals surface area contributed by atoms with Gasteiger partial charge in [-0.2, -0.15) is 0 Å². The molecule has 0 radical (unpaired) electrons. The molecule has 5 nitrogen and oxygen atoms in total. The Balaban J connectivity index is 2.08. The Morgan fingerprint density at radius 2 is 2.22 bits per heavy atom. The fourth-order valence-corrected chi connectivity index (χ4v) is 3.83. The number of aryl methyl sites for hydroxylation is 1. The number of anilines is 1. The van der Waals surface area contributed by atoms with Crippen LogP contribution in [0.4, 0.5) is 5.69 Å². The van der Waals surface area contributed by atoms with Gasteiger partial charge in [0.1, 0.15) is 5.15 Å². The number of carbonyl (C=O) groups excluding carboxylic acids is 1. The third kappa shape index (κ3) is 3.00. The van der Waals surface area contributed by atoms with E-state index in [9.17, 15) is 13.2 Å². The molecule has 1 aliphatic rings. The summed E-state index contributed by atoms with van der Waals surface area (Å²) in [6, 6.07) is 3.24. The lowest BCUT2D eigenvalue weighted by molar-refractivity contribution is -0.119. The first-order valence-electron chi connectivity index (χ1n) is 5.52. The molecule has 1 amide bonds. The highest BCUT2D eigenvalue weighted by atomic mass is 35.5. The average molecular weight is 289 g/mol. The van der Waals surface area contributed by atoms with E-state index in [1.165, 1.54) is 0 Å². The minimum Gasteiger partial charge on any atom is -0.324 e. The molecule has 7 heteroatoms. The number of nitrogens with one attached hydrogen (secondary N) is 1. The lowest BCUT2D eigenvalue weighted by Crippen LogP contribution is -2.24. The van der Waals surface area contributed by atoms with Crippen LogP contribution < -0.4 is 5.32 Å². The van der Waals surface area contributed by atoms with E-state index in [0.717, 1.165) is 0 Å². The van der Waals surface area contributed by atoms with Gasteiger partial charge in [0.05, 0.1) is 28.8 Å². The number of nitrogens with zero attached hydrogens (tertiary/aromatic N) is 1. The Morgan fingerprint density at radius 3 is 2.78 bits per heavy atom. The van der Waals surface area contributed by atoms with E-state index in [1.807, 2.05) is 0 Å². The van der Waals surface area contributed by atoms with Crippen LogP contribution in [0.15, 0.2) is 12.1 Å². The van der Waals surface area contributed by atoms with Crippen LogP contribution >= 0.6 is 11.6 Å². The normalized spacial score (nSPS) is 21.8. The smallest absolute Gasteiger partial charge is 0.228 e. The molecule has 98 valence electrons. The number of amides is 1. The van der Waals surface area contributed by atoms with Gasteiger partial charge in [0, 0.05) is 0 Å². The molecule has 1 unspecified atom stereocenters. The quantitative estimate of drug-likeness (QED) is 0.835. The number of rotatable bonds is 2. The van der Waals surface area contributed by atoms with Gasteiger partial charge in [-0.25, -0.2) is 13.4 Å². The molecule has 1 saturated heterocycles. The Hall–Kier alpha value is -1.14. The van der Waals surface area contributed by atoms with Crippen molar-refractivity contribution in [2.24, 2.45) is 5.92 Å². The maximum atomic E-state index is 11.9. The van der Waals surface area contributed by atoms with Gasteiger partial charge in [-0.3, -0.25) is 4.79 Å². The number of hydrogen-bond acceptors (Lipinski definition) is 4. The van der Waals surface area contributed by atoms with E-state index < -0.39 is 15.8 Å². The summed E-state index contributed by atoms with van der Waals surface area (Å²) in [5.41, 5.74) is 1.17. The maximum Gasteiger partial charge on any atom is 0.228 e. The molecular formula is C11H13ClN2O3S. The van der Waals surface area contributed by atoms with Gasteiger partial charge in [0.2, 0.25) is 5.91 Å². The van der Waals surface area contributed by atoms with Gasteiger partial charge >= 0.3 is 0 Å². The fourth-order valence-electron chi connectivity index (χ4n) is 1.90. The predicted molar refractivity (Wildman–Crippen MR) is 69.4 cm³/mol. The van der Waals surface area contributed by atoms with Gasteiger partial charge < -0.3 is 5.32 Å². The van der Waals surface area contributed by atoms with E-state index in [-0.39, 0.29) is 17.4 Å². The van der Waals surface area contributed by atoms with E-state index in [0.29, 0.717) is 23.0 Å². The molecule has 1 fully saturated rings. The topological polar surface area (TPSA) is 76.1 Å². The van der Waals surface area contributed by atoms with Crippen LogP contribution in [0.3, 0.4) is 0 Å². The highest BCUT2D eigenvalue weighted by Crippen LogP contribution is 2.22. The van der Waals surface area contributed by atoms with Crippen LogP contribution in [0.5, 0.6) is 0 Å². The van der Waals surface area contributed by atoms with Crippen LogP contribution in [-0.4, -0.2) is 30.8 Å². The first-order chi connectivity index (χ1) is 8.37. The second-order valence-electron chi connectivity index (χ2n) is 4.36. The first kappa shape index (κ1) is 13.3. The van der Waals surface area contributed by atoms with Gasteiger partial charge in [-0.15, -0.1) is 0 Å². The van der Waals surface area contributed by atoms with Crippen molar-refractivity contribution >= 4 is 33.0 Å². The van der Waals surface area contributed by atoms with Gasteiger partial charge in [-0.05, 0) is 25.5 Å². The van der Waals surface area contributed by atoms with E-state index in [1.54, 1.807) is 19.1 Å². The number of aromatic nitrogens is 1. The van der Waals surface area contributed by atoms with Crippen LogP contribution in [-0.2, 0) is 14.6 Å². The molecular weight excluding hydrogens is 276 g/mol. The van der Waals surface area contributed by atoms with Gasteiger partial charge in [0.25, 0.3) is 0 Å². The molecule has 2 heterocycles. The van der Waals surface area contributed by atoms with Crippen LogP contribution in [0.2, 0.25) is 5.15 Å². The summed E-state index contributed by atoms with van der Waals surface area (Å²) in [4.78, 5) is 15.9. The molecule has 0 spiro atoms. The summed E-state index contributed by atoms with van der Waals surface area (Å²) < 4.78 is 22.6. The van der Waals surface area contributed by atoms with Crippen molar-refractivity contribution in [1.82, 2.24) is 4.98 Å². The van der Waals surface area contributed by atoms with Crippen molar-refractivity contribution in [1.29, 1.82) is 0 Å². The summed E-state index contributed by atoms with van der Waals surface area (Å²) in [7, 11) is -3.05. The van der Waals surface area contributed by atoms with Crippen molar-refractivity contribution in [3.8, 4) is 0 Å². The van der Waals surface area contributed by atoms with Gasteiger partial charge in [0.15, 0.2) is 9.84 Å². The Bertz CT molecular complexity index is 586. The first-order valence-corrected chi connectivity index (χ1v) is 7.72. The van der Waals surface area contributed by atoms with Crippen LogP contribution in [0.25, 0.3) is 0 Å². The molecule has 1 aromatic rings. The molecule has 2 rings (SSSR count). The molecule has 1 aliphatic heterocycles. The molecule has 1 aromatic heterocycles. The van der Waals surface area contributed by atoms with E-state index in [2.05, 4.69) is 10.3 Å². The zero-order chi connectivity index (χ0) is 13.3. The lowest BCUT2D eigenvalue weighted by Gasteiger charge is -2.11. The zero-order valence-corrected chi connectivity index (χ0v) is 11.4. The van der Waals surface area contributed by atoms with Crippen molar-refractivity contribution in [2.75, 3.05) is 16.8 Å². The highest BCUT2D eigenvalue weighted by molar-refractivity contribution is 7.91. The van der Waals surface area contributed by atoms with Crippen LogP contribution in [0.1, 0.15) is 12.1 Å². The minimum absolute atomic E-state index is 0.0705. The van der Waals surface area contributed by atoms with Crippen molar-refractivity contribution < 1.29 is 13.2 Å². The molecule has 0 aromatic carbocycles.